The van der Waals surface area contributed by atoms with Gasteiger partial charge in [0.1, 0.15) is 5.82 Å². The predicted octanol–water partition coefficient (Wildman–Crippen LogP) is 3.80. The minimum atomic E-state index is -0.255. The molecule has 1 aromatic rings. The van der Waals surface area contributed by atoms with Crippen LogP contribution in [0.25, 0.3) is 0 Å². The summed E-state index contributed by atoms with van der Waals surface area (Å²) in [6.45, 7) is 5.80. The van der Waals surface area contributed by atoms with Gasteiger partial charge in [0.05, 0.1) is 5.69 Å². The molecule has 4 heteroatoms. The molecule has 1 aliphatic rings. The van der Waals surface area contributed by atoms with E-state index in [-0.39, 0.29) is 11.7 Å². The molecule has 1 saturated heterocycles. The maximum atomic E-state index is 14.2. The number of halogens is 1. The van der Waals surface area contributed by atoms with E-state index in [0.717, 1.165) is 25.9 Å². The van der Waals surface area contributed by atoms with Crippen molar-refractivity contribution >= 4 is 17.3 Å². The minimum absolute atomic E-state index is 0.0647. The topological polar surface area (TPSA) is 32.3 Å². The zero-order valence-corrected chi connectivity index (χ0v) is 12.3. The van der Waals surface area contributed by atoms with Crippen LogP contribution in [0.15, 0.2) is 18.2 Å². The number of piperidine rings is 1. The Kier molecular flexibility index (Phi) is 4.99. The quantitative estimate of drug-likeness (QED) is 0.908. The Bertz CT molecular complexity index is 468. The Morgan fingerprint density at radius 2 is 2.00 bits per heavy atom. The summed E-state index contributed by atoms with van der Waals surface area (Å²) in [6, 6.07) is 4.97. The van der Waals surface area contributed by atoms with Crippen molar-refractivity contribution < 1.29 is 9.18 Å². The highest BCUT2D eigenvalue weighted by atomic mass is 19.1. The van der Waals surface area contributed by atoms with Gasteiger partial charge in [0.15, 0.2) is 0 Å². The first kappa shape index (κ1) is 14.8. The van der Waals surface area contributed by atoms with Crippen LogP contribution in [-0.2, 0) is 4.79 Å². The number of carbonyl (C=O) groups is 1. The van der Waals surface area contributed by atoms with Crippen molar-refractivity contribution in [3.63, 3.8) is 0 Å². The van der Waals surface area contributed by atoms with E-state index in [1.807, 2.05) is 13.8 Å². The Balaban J connectivity index is 2.03. The van der Waals surface area contributed by atoms with Gasteiger partial charge in [-0.1, -0.05) is 13.8 Å². The van der Waals surface area contributed by atoms with Crippen LogP contribution < -0.4 is 10.2 Å². The number of benzene rings is 1. The molecule has 1 aliphatic heterocycles. The van der Waals surface area contributed by atoms with Gasteiger partial charge in [0.25, 0.3) is 0 Å². The Morgan fingerprint density at radius 1 is 1.30 bits per heavy atom. The van der Waals surface area contributed by atoms with E-state index in [4.69, 9.17) is 0 Å². The van der Waals surface area contributed by atoms with Crippen molar-refractivity contribution in [3.8, 4) is 0 Å². The lowest BCUT2D eigenvalue weighted by molar-refractivity contribution is -0.116. The Hall–Kier alpha value is -1.58. The molecule has 0 bridgehead atoms. The predicted molar refractivity (Wildman–Crippen MR) is 80.5 cm³/mol. The number of hydrogen-bond donors (Lipinski definition) is 1. The number of rotatable bonds is 4. The van der Waals surface area contributed by atoms with Crippen LogP contribution in [0, 0.1) is 11.7 Å². The third kappa shape index (κ3) is 3.95. The first-order chi connectivity index (χ1) is 9.56. The van der Waals surface area contributed by atoms with E-state index in [1.54, 1.807) is 12.1 Å². The van der Waals surface area contributed by atoms with Gasteiger partial charge in [-0.2, -0.15) is 0 Å². The van der Waals surface area contributed by atoms with Crippen LogP contribution in [0.5, 0.6) is 0 Å². The highest BCUT2D eigenvalue weighted by Crippen LogP contribution is 2.25. The van der Waals surface area contributed by atoms with Crippen LogP contribution in [-0.4, -0.2) is 19.0 Å². The third-order valence-corrected chi connectivity index (χ3v) is 3.52. The first-order valence-electron chi connectivity index (χ1n) is 7.40. The molecule has 3 nitrogen and oxygen atoms in total. The highest BCUT2D eigenvalue weighted by Gasteiger charge is 2.15. The fraction of sp³-hybridized carbons (Fsp3) is 0.562. The molecule has 1 heterocycles. The van der Waals surface area contributed by atoms with E-state index >= 15 is 0 Å². The summed E-state index contributed by atoms with van der Waals surface area (Å²) in [4.78, 5) is 13.8. The maximum Gasteiger partial charge on any atom is 0.224 e. The number of carbonyl (C=O) groups excluding carboxylic acids is 1. The third-order valence-electron chi connectivity index (χ3n) is 3.52. The van der Waals surface area contributed by atoms with Gasteiger partial charge in [0.2, 0.25) is 5.91 Å². The van der Waals surface area contributed by atoms with Crippen LogP contribution in [0.2, 0.25) is 0 Å². The summed E-state index contributed by atoms with van der Waals surface area (Å²) in [5.74, 6) is -0.0214. The molecule has 1 N–H and O–H groups in total. The average Bonchev–Trinajstić information content (AvgIpc) is 2.38. The standard InChI is InChI=1S/C16H23FN2O/c1-12(2)10-16(20)18-13-6-7-15(14(17)11-13)19-8-4-3-5-9-19/h6-7,11-12H,3-5,8-10H2,1-2H3,(H,18,20). The highest BCUT2D eigenvalue weighted by molar-refractivity contribution is 5.91. The molecule has 110 valence electrons. The zero-order valence-electron chi connectivity index (χ0n) is 12.3. The van der Waals surface area contributed by atoms with E-state index in [2.05, 4.69) is 10.2 Å². The van der Waals surface area contributed by atoms with E-state index in [9.17, 15) is 9.18 Å². The molecule has 0 unspecified atom stereocenters. The molecule has 1 amide bonds. The van der Waals surface area contributed by atoms with E-state index < -0.39 is 0 Å². The summed E-state index contributed by atoms with van der Waals surface area (Å²) >= 11 is 0. The monoisotopic (exact) mass is 278 g/mol. The molecule has 1 aromatic carbocycles. The SMILES string of the molecule is CC(C)CC(=O)Nc1ccc(N2CCCCC2)c(F)c1. The van der Waals surface area contributed by atoms with Crippen molar-refractivity contribution in [3.05, 3.63) is 24.0 Å². The first-order valence-corrected chi connectivity index (χ1v) is 7.40. The Labute approximate surface area is 120 Å². The second-order valence-electron chi connectivity index (χ2n) is 5.86. The number of anilines is 2. The fourth-order valence-electron chi connectivity index (χ4n) is 2.56. The maximum absolute atomic E-state index is 14.2. The van der Waals surface area contributed by atoms with E-state index in [0.29, 0.717) is 23.7 Å². The second-order valence-corrected chi connectivity index (χ2v) is 5.86. The Morgan fingerprint density at radius 3 is 2.60 bits per heavy atom. The molecule has 0 radical (unpaired) electrons. The second kappa shape index (κ2) is 6.73. The molecule has 0 aromatic heterocycles. The summed E-state index contributed by atoms with van der Waals surface area (Å²) < 4.78 is 14.2. The van der Waals surface area contributed by atoms with Crippen molar-refractivity contribution in [2.75, 3.05) is 23.3 Å². The molecule has 0 spiro atoms. The fourth-order valence-corrected chi connectivity index (χ4v) is 2.56. The van der Waals surface area contributed by atoms with Crippen LogP contribution in [0.1, 0.15) is 39.5 Å². The number of hydrogen-bond acceptors (Lipinski definition) is 2. The van der Waals surface area contributed by atoms with Crippen molar-refractivity contribution in [2.24, 2.45) is 5.92 Å². The number of amides is 1. The van der Waals surface area contributed by atoms with Gasteiger partial charge >= 0.3 is 0 Å². The van der Waals surface area contributed by atoms with Gasteiger partial charge < -0.3 is 10.2 Å². The van der Waals surface area contributed by atoms with Gasteiger partial charge in [0, 0.05) is 25.2 Å². The van der Waals surface area contributed by atoms with Crippen molar-refractivity contribution in [1.29, 1.82) is 0 Å². The van der Waals surface area contributed by atoms with Gasteiger partial charge in [-0.25, -0.2) is 4.39 Å². The largest absolute Gasteiger partial charge is 0.369 e. The molecular formula is C16H23FN2O. The van der Waals surface area contributed by atoms with Crippen LogP contribution in [0.4, 0.5) is 15.8 Å². The zero-order chi connectivity index (χ0) is 14.5. The average molecular weight is 278 g/mol. The normalized spacial score (nSPS) is 15.5. The molecule has 2 rings (SSSR count). The van der Waals surface area contributed by atoms with Crippen molar-refractivity contribution in [2.45, 2.75) is 39.5 Å². The van der Waals surface area contributed by atoms with Gasteiger partial charge in [-0.05, 0) is 43.4 Å². The summed E-state index contributed by atoms with van der Waals surface area (Å²) in [5, 5.41) is 2.75. The van der Waals surface area contributed by atoms with Gasteiger partial charge in [-0.3, -0.25) is 4.79 Å². The summed E-state index contributed by atoms with van der Waals surface area (Å²) in [5.41, 5.74) is 1.18. The summed E-state index contributed by atoms with van der Waals surface area (Å²) in [6.07, 6.45) is 3.91. The smallest absolute Gasteiger partial charge is 0.224 e. The van der Waals surface area contributed by atoms with Crippen molar-refractivity contribution in [1.82, 2.24) is 0 Å². The minimum Gasteiger partial charge on any atom is -0.369 e. The molecule has 0 saturated carbocycles. The molecule has 1 fully saturated rings. The molecular weight excluding hydrogens is 255 g/mol. The van der Waals surface area contributed by atoms with Crippen LogP contribution in [0.3, 0.4) is 0 Å². The molecule has 0 atom stereocenters. The number of nitrogens with zero attached hydrogens (tertiary/aromatic N) is 1. The van der Waals surface area contributed by atoms with Gasteiger partial charge in [-0.15, -0.1) is 0 Å². The van der Waals surface area contributed by atoms with E-state index in [1.165, 1.54) is 12.5 Å². The summed E-state index contributed by atoms with van der Waals surface area (Å²) in [7, 11) is 0. The molecule has 0 aliphatic carbocycles. The lowest BCUT2D eigenvalue weighted by Gasteiger charge is -2.29. The lowest BCUT2D eigenvalue weighted by Crippen LogP contribution is -2.30. The lowest BCUT2D eigenvalue weighted by atomic mass is 10.1. The molecule has 20 heavy (non-hydrogen) atoms. The van der Waals surface area contributed by atoms with Crippen LogP contribution >= 0.6 is 0 Å². The number of nitrogens with one attached hydrogen (secondary N) is 1.